The Morgan fingerprint density at radius 2 is 1.86 bits per heavy atom. The van der Waals surface area contributed by atoms with E-state index in [1.54, 1.807) is 7.11 Å². The maximum Gasteiger partial charge on any atom is 0.241 e. The van der Waals surface area contributed by atoms with Gasteiger partial charge in [-0.25, -0.2) is 0 Å². The molecule has 0 bridgehead atoms. The summed E-state index contributed by atoms with van der Waals surface area (Å²) < 4.78 is 5.26. The topological polar surface area (TPSA) is 50.4 Å². The lowest BCUT2D eigenvalue weighted by Gasteiger charge is -2.22. The van der Waals surface area contributed by atoms with E-state index in [0.717, 1.165) is 5.69 Å². The summed E-state index contributed by atoms with van der Waals surface area (Å²) in [6.45, 7) is 1.93. The van der Waals surface area contributed by atoms with Crippen molar-refractivity contribution in [1.29, 1.82) is 0 Å². The van der Waals surface area contributed by atoms with Gasteiger partial charge in [0.15, 0.2) is 0 Å². The van der Waals surface area contributed by atoms with Crippen molar-refractivity contribution in [2.45, 2.75) is 57.5 Å². The quantitative estimate of drug-likeness (QED) is 0.818. The van der Waals surface area contributed by atoms with Crippen molar-refractivity contribution < 1.29 is 9.53 Å². The van der Waals surface area contributed by atoms with Gasteiger partial charge in [-0.1, -0.05) is 37.8 Å². The van der Waals surface area contributed by atoms with E-state index in [9.17, 15) is 4.79 Å². The zero-order chi connectivity index (χ0) is 15.1. The van der Waals surface area contributed by atoms with Gasteiger partial charge in [-0.3, -0.25) is 4.79 Å². The van der Waals surface area contributed by atoms with Gasteiger partial charge in [0.2, 0.25) is 5.91 Å². The van der Waals surface area contributed by atoms with Crippen molar-refractivity contribution in [3.05, 3.63) is 24.3 Å². The minimum absolute atomic E-state index is 0.0104. The SMILES string of the molecule is COc1ccccc1NC(=O)[C@@H](C)NC1CCCCCC1. The van der Waals surface area contributed by atoms with E-state index in [2.05, 4.69) is 10.6 Å². The van der Waals surface area contributed by atoms with Crippen molar-refractivity contribution in [1.82, 2.24) is 5.32 Å². The number of anilines is 1. The molecule has 1 aliphatic carbocycles. The molecule has 1 atom stereocenters. The molecule has 1 aromatic carbocycles. The van der Waals surface area contributed by atoms with Crippen LogP contribution in [0.3, 0.4) is 0 Å². The highest BCUT2D eigenvalue weighted by atomic mass is 16.5. The number of ether oxygens (including phenoxy) is 1. The summed E-state index contributed by atoms with van der Waals surface area (Å²) >= 11 is 0. The van der Waals surface area contributed by atoms with Crippen LogP contribution in [0.25, 0.3) is 0 Å². The van der Waals surface area contributed by atoms with E-state index in [4.69, 9.17) is 4.74 Å². The summed E-state index contributed by atoms with van der Waals surface area (Å²) in [6.07, 6.45) is 7.51. The van der Waals surface area contributed by atoms with Crippen molar-refractivity contribution in [2.24, 2.45) is 0 Å². The first-order chi connectivity index (χ1) is 10.2. The molecule has 21 heavy (non-hydrogen) atoms. The number of carbonyl (C=O) groups excluding carboxylic acids is 1. The molecule has 2 rings (SSSR count). The third-order valence-corrected chi connectivity index (χ3v) is 4.10. The summed E-state index contributed by atoms with van der Waals surface area (Å²) in [5.41, 5.74) is 0.722. The molecular formula is C17H26N2O2. The average Bonchev–Trinajstić information content (AvgIpc) is 2.76. The normalized spacial score (nSPS) is 17.8. The number of carbonyl (C=O) groups is 1. The van der Waals surface area contributed by atoms with E-state index < -0.39 is 0 Å². The number of methoxy groups -OCH3 is 1. The molecule has 4 nitrogen and oxygen atoms in total. The Bertz CT molecular complexity index is 454. The number of hydrogen-bond donors (Lipinski definition) is 2. The monoisotopic (exact) mass is 290 g/mol. The van der Waals surface area contributed by atoms with Crippen LogP contribution in [-0.4, -0.2) is 25.1 Å². The molecule has 0 heterocycles. The minimum atomic E-state index is -0.196. The maximum absolute atomic E-state index is 12.3. The molecule has 1 aliphatic rings. The third kappa shape index (κ3) is 4.74. The first-order valence-electron chi connectivity index (χ1n) is 7.90. The first-order valence-corrected chi connectivity index (χ1v) is 7.90. The Morgan fingerprint density at radius 1 is 1.19 bits per heavy atom. The predicted octanol–water partition coefficient (Wildman–Crippen LogP) is 3.33. The van der Waals surface area contributed by atoms with Crippen molar-refractivity contribution >= 4 is 11.6 Å². The molecule has 2 N–H and O–H groups in total. The van der Waals surface area contributed by atoms with Crippen LogP contribution in [0.1, 0.15) is 45.4 Å². The first kappa shape index (κ1) is 15.8. The molecule has 0 aromatic heterocycles. The zero-order valence-electron chi connectivity index (χ0n) is 13.0. The van der Waals surface area contributed by atoms with E-state index in [0.29, 0.717) is 11.8 Å². The van der Waals surface area contributed by atoms with Crippen LogP contribution >= 0.6 is 0 Å². The maximum atomic E-state index is 12.3. The van der Waals surface area contributed by atoms with Gasteiger partial charge in [0.25, 0.3) is 0 Å². The number of hydrogen-bond acceptors (Lipinski definition) is 3. The van der Waals surface area contributed by atoms with Gasteiger partial charge in [-0.05, 0) is 31.9 Å². The van der Waals surface area contributed by atoms with Gasteiger partial charge >= 0.3 is 0 Å². The standard InChI is InChI=1S/C17H26N2O2/c1-13(18-14-9-5-3-4-6-10-14)17(20)19-15-11-7-8-12-16(15)21-2/h7-8,11-14,18H,3-6,9-10H2,1-2H3,(H,19,20)/t13-/m1/s1. The molecule has 0 spiro atoms. The average molecular weight is 290 g/mol. The van der Waals surface area contributed by atoms with Crippen molar-refractivity contribution in [3.63, 3.8) is 0 Å². The molecule has 4 heteroatoms. The lowest BCUT2D eigenvalue weighted by atomic mass is 10.1. The molecule has 1 saturated carbocycles. The molecule has 116 valence electrons. The molecular weight excluding hydrogens is 264 g/mol. The molecule has 1 aromatic rings. The highest BCUT2D eigenvalue weighted by molar-refractivity contribution is 5.95. The van der Waals surface area contributed by atoms with Gasteiger partial charge in [0.05, 0.1) is 18.8 Å². The Hall–Kier alpha value is -1.55. The molecule has 1 fully saturated rings. The smallest absolute Gasteiger partial charge is 0.241 e. The number of rotatable bonds is 5. The van der Waals surface area contributed by atoms with Crippen LogP contribution in [0.5, 0.6) is 5.75 Å². The van der Waals surface area contributed by atoms with E-state index in [-0.39, 0.29) is 11.9 Å². The van der Waals surface area contributed by atoms with Crippen LogP contribution in [0.2, 0.25) is 0 Å². The summed E-state index contributed by atoms with van der Waals surface area (Å²) in [4.78, 5) is 12.3. The second-order valence-corrected chi connectivity index (χ2v) is 5.77. The van der Waals surface area contributed by atoms with Crippen molar-refractivity contribution in [2.75, 3.05) is 12.4 Å². The number of para-hydroxylation sites is 2. The second-order valence-electron chi connectivity index (χ2n) is 5.77. The molecule has 0 unspecified atom stereocenters. The highest BCUT2D eigenvalue weighted by Gasteiger charge is 2.19. The van der Waals surface area contributed by atoms with Crippen LogP contribution < -0.4 is 15.4 Å². The van der Waals surface area contributed by atoms with Gasteiger partial charge in [-0.15, -0.1) is 0 Å². The fraction of sp³-hybridized carbons (Fsp3) is 0.588. The van der Waals surface area contributed by atoms with E-state index >= 15 is 0 Å². The molecule has 0 saturated heterocycles. The van der Waals surface area contributed by atoms with Gasteiger partial charge in [0.1, 0.15) is 5.75 Å². The van der Waals surface area contributed by atoms with Gasteiger partial charge in [-0.2, -0.15) is 0 Å². The van der Waals surface area contributed by atoms with Crippen LogP contribution in [0.15, 0.2) is 24.3 Å². The Kier molecular flexibility index (Phi) is 6.05. The van der Waals surface area contributed by atoms with E-state index in [1.165, 1.54) is 38.5 Å². The van der Waals surface area contributed by atoms with Crippen molar-refractivity contribution in [3.8, 4) is 5.75 Å². The summed E-state index contributed by atoms with van der Waals surface area (Å²) in [7, 11) is 1.61. The third-order valence-electron chi connectivity index (χ3n) is 4.10. The Labute approximate surface area is 127 Å². The highest BCUT2D eigenvalue weighted by Crippen LogP contribution is 2.23. The number of nitrogens with one attached hydrogen (secondary N) is 2. The molecule has 0 radical (unpaired) electrons. The Morgan fingerprint density at radius 3 is 2.52 bits per heavy atom. The zero-order valence-corrected chi connectivity index (χ0v) is 13.0. The largest absolute Gasteiger partial charge is 0.495 e. The van der Waals surface area contributed by atoms with Gasteiger partial charge < -0.3 is 15.4 Å². The van der Waals surface area contributed by atoms with Crippen LogP contribution in [0.4, 0.5) is 5.69 Å². The van der Waals surface area contributed by atoms with E-state index in [1.807, 2.05) is 31.2 Å². The number of benzene rings is 1. The second kappa shape index (κ2) is 8.03. The minimum Gasteiger partial charge on any atom is -0.495 e. The molecule has 1 amide bonds. The fourth-order valence-corrected chi connectivity index (χ4v) is 2.86. The summed E-state index contributed by atoms with van der Waals surface area (Å²) in [5.74, 6) is 0.677. The predicted molar refractivity (Wildman–Crippen MR) is 85.7 cm³/mol. The Balaban J connectivity index is 1.89. The van der Waals surface area contributed by atoms with Gasteiger partial charge in [0, 0.05) is 6.04 Å². The van der Waals surface area contributed by atoms with Crippen LogP contribution in [0, 0.1) is 0 Å². The lowest BCUT2D eigenvalue weighted by Crippen LogP contribution is -2.43. The fourth-order valence-electron chi connectivity index (χ4n) is 2.86. The number of amides is 1. The lowest BCUT2D eigenvalue weighted by molar-refractivity contribution is -0.118. The van der Waals surface area contributed by atoms with Crippen LogP contribution in [-0.2, 0) is 4.79 Å². The summed E-state index contributed by atoms with van der Waals surface area (Å²) in [6, 6.07) is 7.75. The molecule has 0 aliphatic heterocycles. The summed E-state index contributed by atoms with van der Waals surface area (Å²) in [5, 5.41) is 6.40.